The molecule has 110 valence electrons. The summed E-state index contributed by atoms with van der Waals surface area (Å²) >= 11 is 0. The van der Waals surface area contributed by atoms with Gasteiger partial charge in [0.05, 0.1) is 6.26 Å². The molecule has 2 fully saturated rings. The fourth-order valence-corrected chi connectivity index (χ4v) is 5.26. The molecule has 0 bridgehead atoms. The maximum atomic E-state index is 12.0. The summed E-state index contributed by atoms with van der Waals surface area (Å²) in [6.07, 6.45) is 4.29. The van der Waals surface area contributed by atoms with Crippen molar-refractivity contribution in [2.45, 2.75) is 43.9 Å². The number of sulfonamides is 1. The Morgan fingerprint density at radius 2 is 1.80 bits per heavy atom. The van der Waals surface area contributed by atoms with Gasteiger partial charge in [-0.25, -0.2) is 8.42 Å². The number of fused-ring (bicyclic) bond motifs is 1. The van der Waals surface area contributed by atoms with Gasteiger partial charge in [-0.05, 0) is 24.3 Å². The van der Waals surface area contributed by atoms with E-state index in [1.807, 2.05) is 30.3 Å². The first-order chi connectivity index (χ1) is 9.50. The van der Waals surface area contributed by atoms with Crippen LogP contribution in [0.15, 0.2) is 30.3 Å². The van der Waals surface area contributed by atoms with Crippen molar-refractivity contribution in [3.8, 4) is 0 Å². The van der Waals surface area contributed by atoms with Crippen LogP contribution in [-0.2, 0) is 10.0 Å². The molecule has 1 aliphatic carbocycles. The zero-order chi connectivity index (χ0) is 14.3. The lowest BCUT2D eigenvalue weighted by Crippen LogP contribution is -2.42. The van der Waals surface area contributed by atoms with Crippen LogP contribution in [0.5, 0.6) is 0 Å². The van der Waals surface area contributed by atoms with E-state index in [9.17, 15) is 13.5 Å². The summed E-state index contributed by atoms with van der Waals surface area (Å²) in [5.74, 6) is 0.132. The molecule has 0 radical (unpaired) electrons. The quantitative estimate of drug-likeness (QED) is 0.907. The normalized spacial score (nSPS) is 34.9. The molecular weight excluding hydrogens is 274 g/mol. The Hall–Kier alpha value is -0.910. The van der Waals surface area contributed by atoms with Crippen molar-refractivity contribution in [2.24, 2.45) is 5.92 Å². The van der Waals surface area contributed by atoms with Gasteiger partial charge < -0.3 is 5.11 Å². The molecule has 1 aromatic rings. The van der Waals surface area contributed by atoms with Gasteiger partial charge in [0, 0.05) is 12.0 Å². The van der Waals surface area contributed by atoms with E-state index in [1.165, 1.54) is 10.6 Å². The number of hydrogen-bond donors (Lipinski definition) is 1. The average Bonchev–Trinajstić information content (AvgIpc) is 2.71. The summed E-state index contributed by atoms with van der Waals surface area (Å²) in [4.78, 5) is 0. The van der Waals surface area contributed by atoms with Gasteiger partial charge in [-0.2, -0.15) is 4.31 Å². The Balaban J connectivity index is 2.02. The lowest BCUT2D eigenvalue weighted by atomic mass is 9.77. The fourth-order valence-electron chi connectivity index (χ4n) is 3.99. The molecule has 1 aromatic carbocycles. The summed E-state index contributed by atoms with van der Waals surface area (Å²) in [5, 5.41) is 10.6. The van der Waals surface area contributed by atoms with Crippen LogP contribution in [0.3, 0.4) is 0 Å². The van der Waals surface area contributed by atoms with E-state index in [-0.39, 0.29) is 17.9 Å². The molecule has 5 heteroatoms. The summed E-state index contributed by atoms with van der Waals surface area (Å²) in [6.45, 7) is 0. The van der Waals surface area contributed by atoms with E-state index in [0.717, 1.165) is 31.2 Å². The highest BCUT2D eigenvalue weighted by Crippen LogP contribution is 2.48. The first-order valence-corrected chi connectivity index (χ1v) is 9.06. The van der Waals surface area contributed by atoms with Crippen LogP contribution in [0.4, 0.5) is 0 Å². The van der Waals surface area contributed by atoms with Gasteiger partial charge in [-0.3, -0.25) is 0 Å². The molecule has 1 N–H and O–H groups in total. The second-order valence-corrected chi connectivity index (χ2v) is 7.85. The van der Waals surface area contributed by atoms with E-state index >= 15 is 0 Å². The van der Waals surface area contributed by atoms with Crippen LogP contribution < -0.4 is 0 Å². The van der Waals surface area contributed by atoms with Gasteiger partial charge in [-0.1, -0.05) is 43.2 Å². The molecule has 0 amide bonds. The SMILES string of the molecule is CS(=O)(=O)N1C(O)C(c2ccccc2)C2CCCCC21. The Morgan fingerprint density at radius 3 is 2.45 bits per heavy atom. The van der Waals surface area contributed by atoms with E-state index in [1.54, 1.807) is 0 Å². The summed E-state index contributed by atoms with van der Waals surface area (Å²) in [5.41, 5.74) is 1.04. The Labute approximate surface area is 120 Å². The van der Waals surface area contributed by atoms with E-state index in [4.69, 9.17) is 0 Å². The van der Waals surface area contributed by atoms with Crippen molar-refractivity contribution in [1.82, 2.24) is 4.31 Å². The fraction of sp³-hybridized carbons (Fsp3) is 0.600. The molecular formula is C15H21NO3S. The van der Waals surface area contributed by atoms with Gasteiger partial charge in [0.25, 0.3) is 0 Å². The summed E-state index contributed by atoms with van der Waals surface area (Å²) in [6, 6.07) is 9.78. The third-order valence-corrected chi connectivity index (χ3v) is 5.97. The lowest BCUT2D eigenvalue weighted by Gasteiger charge is -2.31. The third-order valence-electron chi connectivity index (χ3n) is 4.72. The minimum absolute atomic E-state index is 0.0426. The third kappa shape index (κ3) is 2.28. The number of nitrogens with zero attached hydrogens (tertiary/aromatic N) is 1. The molecule has 20 heavy (non-hydrogen) atoms. The second-order valence-electron chi connectivity index (χ2n) is 5.96. The molecule has 2 aliphatic rings. The van der Waals surface area contributed by atoms with Crippen LogP contribution in [0.1, 0.15) is 37.2 Å². The number of aliphatic hydroxyl groups excluding tert-OH is 1. The minimum atomic E-state index is -3.38. The topological polar surface area (TPSA) is 57.6 Å². The number of hydrogen-bond acceptors (Lipinski definition) is 3. The molecule has 4 nitrogen and oxygen atoms in total. The monoisotopic (exact) mass is 295 g/mol. The Kier molecular flexibility index (Phi) is 3.60. The molecule has 1 saturated heterocycles. The van der Waals surface area contributed by atoms with E-state index in [2.05, 4.69) is 0 Å². The van der Waals surface area contributed by atoms with Crippen molar-refractivity contribution < 1.29 is 13.5 Å². The lowest BCUT2D eigenvalue weighted by molar-refractivity contribution is 0.0668. The first kappa shape index (κ1) is 14.0. The van der Waals surface area contributed by atoms with Crippen LogP contribution in [0.25, 0.3) is 0 Å². The zero-order valence-corrected chi connectivity index (χ0v) is 12.5. The largest absolute Gasteiger partial charge is 0.377 e. The van der Waals surface area contributed by atoms with Crippen LogP contribution >= 0.6 is 0 Å². The number of benzene rings is 1. The molecule has 3 rings (SSSR count). The first-order valence-electron chi connectivity index (χ1n) is 7.21. The van der Waals surface area contributed by atoms with Gasteiger partial charge in [-0.15, -0.1) is 0 Å². The minimum Gasteiger partial charge on any atom is -0.377 e. The Bertz CT molecular complexity index is 572. The summed E-state index contributed by atoms with van der Waals surface area (Å²) in [7, 11) is -3.38. The van der Waals surface area contributed by atoms with Crippen LogP contribution in [0, 0.1) is 5.92 Å². The molecule has 0 spiro atoms. The standard InChI is InChI=1S/C15H21NO3S/c1-20(18,19)16-13-10-6-5-9-12(13)14(15(16)17)11-7-3-2-4-8-11/h2-4,7-8,12-15,17H,5-6,9-10H2,1H3. The maximum Gasteiger partial charge on any atom is 0.213 e. The highest BCUT2D eigenvalue weighted by Gasteiger charge is 2.52. The second kappa shape index (κ2) is 5.13. The molecule has 0 aromatic heterocycles. The average molecular weight is 295 g/mol. The Morgan fingerprint density at radius 1 is 1.15 bits per heavy atom. The molecule has 4 atom stereocenters. The molecule has 1 heterocycles. The summed E-state index contributed by atoms with van der Waals surface area (Å²) < 4.78 is 25.4. The van der Waals surface area contributed by atoms with Crippen molar-refractivity contribution in [1.29, 1.82) is 0 Å². The van der Waals surface area contributed by atoms with E-state index in [0.29, 0.717) is 0 Å². The molecule has 1 aliphatic heterocycles. The van der Waals surface area contributed by atoms with Gasteiger partial charge in [0.1, 0.15) is 6.23 Å². The molecule has 4 unspecified atom stereocenters. The predicted molar refractivity (Wildman–Crippen MR) is 77.6 cm³/mol. The maximum absolute atomic E-state index is 12.0. The highest BCUT2D eigenvalue weighted by molar-refractivity contribution is 7.88. The van der Waals surface area contributed by atoms with Gasteiger partial charge in [0.2, 0.25) is 10.0 Å². The highest BCUT2D eigenvalue weighted by atomic mass is 32.2. The van der Waals surface area contributed by atoms with Gasteiger partial charge in [0.15, 0.2) is 0 Å². The van der Waals surface area contributed by atoms with Crippen LogP contribution in [-0.4, -0.2) is 36.4 Å². The number of rotatable bonds is 2. The smallest absolute Gasteiger partial charge is 0.213 e. The molecule has 1 saturated carbocycles. The van der Waals surface area contributed by atoms with Crippen molar-refractivity contribution in [3.05, 3.63) is 35.9 Å². The van der Waals surface area contributed by atoms with Gasteiger partial charge >= 0.3 is 0 Å². The van der Waals surface area contributed by atoms with Crippen LogP contribution in [0.2, 0.25) is 0 Å². The van der Waals surface area contributed by atoms with Crippen molar-refractivity contribution >= 4 is 10.0 Å². The zero-order valence-electron chi connectivity index (χ0n) is 11.6. The van der Waals surface area contributed by atoms with E-state index < -0.39 is 16.3 Å². The predicted octanol–water partition coefficient (Wildman–Crippen LogP) is 1.92. The van der Waals surface area contributed by atoms with Crippen molar-refractivity contribution in [2.75, 3.05) is 6.26 Å². The number of aliphatic hydroxyl groups is 1. The van der Waals surface area contributed by atoms with Crippen molar-refractivity contribution in [3.63, 3.8) is 0 Å².